The first-order valence-corrected chi connectivity index (χ1v) is 14.1. The zero-order valence-electron chi connectivity index (χ0n) is 24.4. The molecule has 212 valence electrons. The van der Waals surface area contributed by atoms with E-state index in [0.29, 0.717) is 42.0 Å². The van der Waals surface area contributed by atoms with Gasteiger partial charge in [-0.3, -0.25) is 4.79 Å². The molecular formula is C33H38N6O2. The molecule has 1 N–H and O–H groups in total. The van der Waals surface area contributed by atoms with Crippen LogP contribution in [-0.2, 0) is 6.54 Å². The number of aryl methyl sites for hydroxylation is 2. The molecule has 1 atom stereocenters. The van der Waals surface area contributed by atoms with Crippen molar-refractivity contribution in [1.82, 2.24) is 15.2 Å². The topological polar surface area (TPSA) is 105 Å². The van der Waals surface area contributed by atoms with E-state index in [2.05, 4.69) is 51.3 Å². The summed E-state index contributed by atoms with van der Waals surface area (Å²) in [6.07, 6.45) is 2.87. The van der Waals surface area contributed by atoms with Crippen LogP contribution in [0.1, 0.15) is 64.6 Å². The van der Waals surface area contributed by atoms with Gasteiger partial charge in [0.05, 0.1) is 31.0 Å². The summed E-state index contributed by atoms with van der Waals surface area (Å²) in [5.41, 5.74) is 5.29. The van der Waals surface area contributed by atoms with Crippen molar-refractivity contribution in [2.75, 3.05) is 31.6 Å². The van der Waals surface area contributed by atoms with Gasteiger partial charge < -0.3 is 19.9 Å². The predicted molar refractivity (Wildman–Crippen MR) is 160 cm³/mol. The van der Waals surface area contributed by atoms with Crippen molar-refractivity contribution >= 4 is 11.6 Å². The number of hydrogen-bond acceptors (Lipinski definition) is 7. The maximum atomic E-state index is 12.9. The molecule has 3 aromatic rings. The maximum absolute atomic E-state index is 12.9. The Morgan fingerprint density at radius 3 is 2.39 bits per heavy atom. The van der Waals surface area contributed by atoms with Crippen molar-refractivity contribution in [2.45, 2.75) is 58.7 Å². The number of likely N-dealkylation sites (tertiary alicyclic amines) is 1. The van der Waals surface area contributed by atoms with Crippen LogP contribution in [0.5, 0.6) is 5.75 Å². The molecule has 1 amide bonds. The minimum absolute atomic E-state index is 0.0837. The van der Waals surface area contributed by atoms with Gasteiger partial charge in [0, 0.05) is 43.0 Å². The first kappa shape index (κ1) is 29.6. The molecule has 8 nitrogen and oxygen atoms in total. The lowest BCUT2D eigenvalue weighted by Gasteiger charge is -2.41. The highest BCUT2D eigenvalue weighted by atomic mass is 16.5. The van der Waals surface area contributed by atoms with Crippen LogP contribution < -0.4 is 15.0 Å². The number of hydrogen-bond donors (Lipinski definition) is 1. The molecule has 1 unspecified atom stereocenters. The van der Waals surface area contributed by atoms with E-state index in [1.807, 2.05) is 38.1 Å². The standard InChI is InChI=1S/C33H38N6O2/c1-23-18-26(20-34)19-24(2)32(23)33(40)36-15-12-25(3)38-16-13-30(14-17-38)39(29-8-10-31(41-4)11-9-29)22-28-7-5-6-27(21-35)37-28/h5-11,18-19,25,30H,12-17,22H2,1-4H3,(H,36,40). The predicted octanol–water partition coefficient (Wildman–Crippen LogP) is 5.13. The SMILES string of the molecule is COc1ccc(N(Cc2cccc(C#N)n2)C2CCN(C(C)CCNC(=O)c3c(C)cc(C#N)cc3C)CC2)cc1. The Labute approximate surface area is 243 Å². The molecule has 0 saturated carbocycles. The number of piperidine rings is 1. The van der Waals surface area contributed by atoms with E-state index in [9.17, 15) is 15.3 Å². The summed E-state index contributed by atoms with van der Waals surface area (Å²) in [5, 5.41) is 21.6. The molecule has 2 heterocycles. The lowest BCUT2D eigenvalue weighted by molar-refractivity contribution is 0.0944. The fraction of sp³-hybridized carbons (Fsp3) is 0.394. The monoisotopic (exact) mass is 550 g/mol. The van der Waals surface area contributed by atoms with E-state index in [1.54, 1.807) is 25.3 Å². The summed E-state index contributed by atoms with van der Waals surface area (Å²) < 4.78 is 5.36. The number of pyridine rings is 1. The summed E-state index contributed by atoms with van der Waals surface area (Å²) >= 11 is 0. The molecule has 41 heavy (non-hydrogen) atoms. The van der Waals surface area contributed by atoms with E-state index < -0.39 is 0 Å². The van der Waals surface area contributed by atoms with E-state index in [1.165, 1.54) is 0 Å². The van der Waals surface area contributed by atoms with Crippen LogP contribution in [-0.4, -0.2) is 54.6 Å². The minimum Gasteiger partial charge on any atom is -0.497 e. The van der Waals surface area contributed by atoms with Gasteiger partial charge in [0.1, 0.15) is 17.5 Å². The van der Waals surface area contributed by atoms with Crippen molar-refractivity contribution < 1.29 is 9.53 Å². The van der Waals surface area contributed by atoms with Gasteiger partial charge in [-0.25, -0.2) is 4.98 Å². The number of rotatable bonds is 10. The van der Waals surface area contributed by atoms with Gasteiger partial charge in [0.25, 0.3) is 5.91 Å². The van der Waals surface area contributed by atoms with Crippen molar-refractivity contribution in [2.24, 2.45) is 0 Å². The highest BCUT2D eigenvalue weighted by Crippen LogP contribution is 2.28. The molecule has 1 aliphatic heterocycles. The van der Waals surface area contributed by atoms with E-state index in [-0.39, 0.29) is 5.91 Å². The number of nitrogens with zero attached hydrogens (tertiary/aromatic N) is 5. The van der Waals surface area contributed by atoms with Gasteiger partial charge in [0.2, 0.25) is 0 Å². The molecule has 0 aliphatic carbocycles. The largest absolute Gasteiger partial charge is 0.497 e. The molecule has 1 saturated heterocycles. The van der Waals surface area contributed by atoms with Crippen molar-refractivity contribution in [1.29, 1.82) is 10.5 Å². The quantitative estimate of drug-likeness (QED) is 0.373. The van der Waals surface area contributed by atoms with E-state index in [0.717, 1.165) is 60.6 Å². The van der Waals surface area contributed by atoms with Crippen LogP contribution in [0.4, 0.5) is 5.69 Å². The van der Waals surface area contributed by atoms with Crippen LogP contribution in [0.15, 0.2) is 54.6 Å². The molecule has 1 aliphatic rings. The van der Waals surface area contributed by atoms with Crippen LogP contribution in [0.25, 0.3) is 0 Å². The molecule has 1 aromatic heterocycles. The summed E-state index contributed by atoms with van der Waals surface area (Å²) in [6, 6.07) is 22.2. The number of carbonyl (C=O) groups is 1. The van der Waals surface area contributed by atoms with Crippen molar-refractivity contribution in [3.8, 4) is 17.9 Å². The lowest BCUT2D eigenvalue weighted by atomic mass is 9.98. The number of benzene rings is 2. The summed E-state index contributed by atoms with van der Waals surface area (Å²) in [5.74, 6) is 0.734. The molecule has 0 radical (unpaired) electrons. The number of amides is 1. The summed E-state index contributed by atoms with van der Waals surface area (Å²) in [7, 11) is 1.67. The first-order valence-electron chi connectivity index (χ1n) is 14.1. The third-order valence-electron chi connectivity index (χ3n) is 7.96. The van der Waals surface area contributed by atoms with Crippen LogP contribution in [0, 0.1) is 36.5 Å². The summed E-state index contributed by atoms with van der Waals surface area (Å²) in [4.78, 5) is 22.3. The fourth-order valence-corrected chi connectivity index (χ4v) is 5.70. The van der Waals surface area contributed by atoms with Gasteiger partial charge in [-0.1, -0.05) is 6.07 Å². The highest BCUT2D eigenvalue weighted by Gasteiger charge is 2.28. The van der Waals surface area contributed by atoms with Gasteiger partial charge >= 0.3 is 0 Å². The zero-order chi connectivity index (χ0) is 29.4. The molecule has 0 bridgehead atoms. The number of anilines is 1. The van der Waals surface area contributed by atoms with Crippen LogP contribution in [0.2, 0.25) is 0 Å². The highest BCUT2D eigenvalue weighted by molar-refractivity contribution is 5.97. The zero-order valence-corrected chi connectivity index (χ0v) is 24.4. The summed E-state index contributed by atoms with van der Waals surface area (Å²) in [6.45, 7) is 9.13. The Kier molecular flexibility index (Phi) is 9.95. The minimum atomic E-state index is -0.0837. The van der Waals surface area contributed by atoms with Crippen molar-refractivity contribution in [3.63, 3.8) is 0 Å². The second-order valence-electron chi connectivity index (χ2n) is 10.7. The smallest absolute Gasteiger partial charge is 0.251 e. The van der Waals surface area contributed by atoms with Crippen LogP contribution >= 0.6 is 0 Å². The Bertz CT molecular complexity index is 1410. The van der Waals surface area contributed by atoms with Gasteiger partial charge in [-0.15, -0.1) is 0 Å². The number of aromatic nitrogens is 1. The normalized spacial score (nSPS) is 14.5. The number of methoxy groups -OCH3 is 1. The second kappa shape index (κ2) is 13.8. The van der Waals surface area contributed by atoms with Crippen LogP contribution in [0.3, 0.4) is 0 Å². The third kappa shape index (κ3) is 7.42. The Hall–Kier alpha value is -4.40. The fourth-order valence-electron chi connectivity index (χ4n) is 5.70. The lowest BCUT2D eigenvalue weighted by Crippen LogP contribution is -2.48. The molecule has 1 fully saturated rings. The average molecular weight is 551 g/mol. The first-order chi connectivity index (χ1) is 19.8. The Morgan fingerprint density at radius 1 is 1.10 bits per heavy atom. The Balaban J connectivity index is 1.35. The van der Waals surface area contributed by atoms with Gasteiger partial charge in [-0.2, -0.15) is 10.5 Å². The molecule has 4 rings (SSSR count). The number of ether oxygens (including phenoxy) is 1. The van der Waals surface area contributed by atoms with Gasteiger partial charge in [-0.05, 0) is 99.7 Å². The molecular weight excluding hydrogens is 512 g/mol. The van der Waals surface area contributed by atoms with Crippen molar-refractivity contribution in [3.05, 3.63) is 88.2 Å². The maximum Gasteiger partial charge on any atom is 0.251 e. The van der Waals surface area contributed by atoms with E-state index >= 15 is 0 Å². The number of nitrogens with one attached hydrogen (secondary N) is 1. The Morgan fingerprint density at radius 2 is 1.78 bits per heavy atom. The molecule has 8 heteroatoms. The van der Waals surface area contributed by atoms with Gasteiger partial charge in [0.15, 0.2) is 0 Å². The third-order valence-corrected chi connectivity index (χ3v) is 7.96. The molecule has 0 spiro atoms. The van der Waals surface area contributed by atoms with E-state index in [4.69, 9.17) is 4.74 Å². The average Bonchev–Trinajstić information content (AvgIpc) is 2.99. The molecule has 2 aromatic carbocycles. The number of carbonyl (C=O) groups excluding carboxylic acids is 1. The second-order valence-corrected chi connectivity index (χ2v) is 10.7. The number of nitriles is 2.